The van der Waals surface area contributed by atoms with E-state index >= 15 is 0 Å². The van der Waals surface area contributed by atoms with Gasteiger partial charge in [-0.3, -0.25) is 4.79 Å². The highest BCUT2D eigenvalue weighted by molar-refractivity contribution is 6.31. The molecule has 7 heteroatoms. The van der Waals surface area contributed by atoms with Gasteiger partial charge in [0.05, 0.1) is 6.26 Å². The highest BCUT2D eigenvalue weighted by Gasteiger charge is 2.10. The van der Waals surface area contributed by atoms with Gasteiger partial charge in [0.2, 0.25) is 0 Å². The van der Waals surface area contributed by atoms with Gasteiger partial charge >= 0.3 is 0 Å². The van der Waals surface area contributed by atoms with Crippen molar-refractivity contribution in [3.63, 3.8) is 0 Å². The number of hydrogen-bond donors (Lipinski definition) is 3. The predicted molar refractivity (Wildman–Crippen MR) is 80.2 cm³/mol. The lowest BCUT2D eigenvalue weighted by Crippen LogP contribution is -2.23. The summed E-state index contributed by atoms with van der Waals surface area (Å²) in [5.41, 5.74) is 9.21. The predicted octanol–water partition coefficient (Wildman–Crippen LogP) is 2.46. The van der Waals surface area contributed by atoms with E-state index in [0.717, 1.165) is 10.9 Å². The van der Waals surface area contributed by atoms with E-state index in [4.69, 9.17) is 21.8 Å². The Bertz CT molecular complexity index is 821. The van der Waals surface area contributed by atoms with Crippen molar-refractivity contribution in [2.75, 3.05) is 0 Å². The van der Waals surface area contributed by atoms with Crippen LogP contribution in [0, 0.1) is 0 Å². The third kappa shape index (κ3) is 2.75. The van der Waals surface area contributed by atoms with Crippen LogP contribution >= 0.6 is 11.6 Å². The third-order valence-electron chi connectivity index (χ3n) is 2.88. The molecule has 0 saturated carbocycles. The molecule has 0 fully saturated rings. The first-order valence-corrected chi connectivity index (χ1v) is 6.47. The summed E-state index contributed by atoms with van der Waals surface area (Å²) in [5, 5.41) is 5.23. The molecular formula is C14H11ClN4O2. The van der Waals surface area contributed by atoms with Crippen LogP contribution in [0.15, 0.2) is 52.2 Å². The van der Waals surface area contributed by atoms with Crippen LogP contribution < -0.4 is 11.2 Å². The molecule has 3 rings (SSSR count). The fourth-order valence-corrected chi connectivity index (χ4v) is 2.06. The Hall–Kier alpha value is -2.73. The average Bonchev–Trinajstić information content (AvgIpc) is 3.12. The van der Waals surface area contributed by atoms with Gasteiger partial charge in [-0.05, 0) is 36.4 Å². The summed E-state index contributed by atoms with van der Waals surface area (Å²) in [6.07, 6.45) is 1.47. The normalized spacial score (nSPS) is 11.8. The number of carbonyl (C=O) groups is 1. The number of aromatic amines is 1. The average molecular weight is 303 g/mol. The second-order valence-electron chi connectivity index (χ2n) is 4.33. The Labute approximate surface area is 124 Å². The van der Waals surface area contributed by atoms with Crippen LogP contribution in [0.5, 0.6) is 0 Å². The summed E-state index contributed by atoms with van der Waals surface area (Å²) in [5.74, 6) is 0.0723. The van der Waals surface area contributed by atoms with Gasteiger partial charge in [0.25, 0.3) is 5.91 Å². The fourth-order valence-electron chi connectivity index (χ4n) is 1.88. The van der Waals surface area contributed by atoms with Crippen LogP contribution in [0.2, 0.25) is 5.02 Å². The number of fused-ring (bicyclic) bond motifs is 1. The maximum atomic E-state index is 12.0. The zero-order valence-corrected chi connectivity index (χ0v) is 11.5. The van der Waals surface area contributed by atoms with E-state index in [1.165, 1.54) is 6.26 Å². The van der Waals surface area contributed by atoms with Crippen molar-refractivity contribution in [3.8, 4) is 0 Å². The molecule has 21 heavy (non-hydrogen) atoms. The monoisotopic (exact) mass is 302 g/mol. The highest BCUT2D eigenvalue weighted by Crippen LogP contribution is 2.19. The van der Waals surface area contributed by atoms with Crippen molar-refractivity contribution in [1.82, 2.24) is 10.4 Å². The van der Waals surface area contributed by atoms with Gasteiger partial charge in [-0.1, -0.05) is 11.6 Å². The molecule has 1 aromatic carbocycles. The number of amidine groups is 1. The summed E-state index contributed by atoms with van der Waals surface area (Å²) < 4.78 is 5.06. The summed E-state index contributed by atoms with van der Waals surface area (Å²) >= 11 is 5.90. The smallest absolute Gasteiger partial charge is 0.287 e. The Kier molecular flexibility index (Phi) is 3.37. The molecule has 0 unspecified atom stereocenters. The Balaban J connectivity index is 1.79. The first-order valence-electron chi connectivity index (χ1n) is 6.09. The summed E-state index contributed by atoms with van der Waals surface area (Å²) in [7, 11) is 0. The van der Waals surface area contributed by atoms with Crippen molar-refractivity contribution in [2.24, 2.45) is 10.8 Å². The molecule has 2 aromatic heterocycles. The molecular weight excluding hydrogens is 292 g/mol. The molecule has 6 nitrogen and oxygen atoms in total. The zero-order chi connectivity index (χ0) is 14.8. The van der Waals surface area contributed by atoms with Gasteiger partial charge in [0.15, 0.2) is 11.6 Å². The Morgan fingerprint density at radius 3 is 2.95 bits per heavy atom. The molecule has 0 bridgehead atoms. The number of aromatic nitrogens is 1. The lowest BCUT2D eigenvalue weighted by molar-refractivity contribution is 0.0950. The van der Waals surface area contributed by atoms with Crippen molar-refractivity contribution < 1.29 is 9.21 Å². The van der Waals surface area contributed by atoms with E-state index in [0.29, 0.717) is 16.5 Å². The lowest BCUT2D eigenvalue weighted by atomic mass is 10.2. The van der Waals surface area contributed by atoms with Gasteiger partial charge in [-0.25, -0.2) is 5.43 Å². The van der Waals surface area contributed by atoms with E-state index in [1.807, 2.05) is 0 Å². The highest BCUT2D eigenvalue weighted by atomic mass is 35.5. The molecule has 3 aromatic rings. The van der Waals surface area contributed by atoms with E-state index in [1.54, 1.807) is 36.4 Å². The van der Waals surface area contributed by atoms with Crippen LogP contribution in [0.3, 0.4) is 0 Å². The summed E-state index contributed by atoms with van der Waals surface area (Å²) in [4.78, 5) is 15.0. The molecule has 0 atom stereocenters. The SMILES string of the molecule is N/C(=N\NC(=O)c1cc2cc(Cl)ccc2[nH]1)c1ccco1. The van der Waals surface area contributed by atoms with Crippen LogP contribution in [0.4, 0.5) is 0 Å². The van der Waals surface area contributed by atoms with Gasteiger partial charge in [-0.15, -0.1) is 0 Å². The number of furan rings is 1. The first-order chi connectivity index (χ1) is 10.1. The molecule has 0 spiro atoms. The second-order valence-corrected chi connectivity index (χ2v) is 4.77. The number of nitrogens with zero attached hydrogens (tertiary/aromatic N) is 1. The molecule has 0 aliphatic heterocycles. The molecule has 0 aliphatic rings. The maximum Gasteiger partial charge on any atom is 0.287 e. The molecule has 0 aliphatic carbocycles. The minimum absolute atomic E-state index is 0.0903. The first kappa shape index (κ1) is 13.3. The largest absolute Gasteiger partial charge is 0.461 e. The van der Waals surface area contributed by atoms with Crippen LogP contribution in [-0.4, -0.2) is 16.7 Å². The van der Waals surface area contributed by atoms with Gasteiger partial charge < -0.3 is 15.1 Å². The minimum Gasteiger partial charge on any atom is -0.461 e. The number of halogens is 1. The van der Waals surface area contributed by atoms with E-state index in [9.17, 15) is 4.79 Å². The molecule has 2 heterocycles. The number of carbonyl (C=O) groups excluding carboxylic acids is 1. The van der Waals surface area contributed by atoms with Crippen molar-refractivity contribution in [2.45, 2.75) is 0 Å². The number of H-pyrrole nitrogens is 1. The fraction of sp³-hybridized carbons (Fsp3) is 0. The minimum atomic E-state index is -0.406. The number of benzene rings is 1. The summed E-state index contributed by atoms with van der Waals surface area (Å²) in [6.45, 7) is 0. The molecule has 0 saturated heterocycles. The van der Waals surface area contributed by atoms with Crippen LogP contribution in [0.25, 0.3) is 10.9 Å². The van der Waals surface area contributed by atoms with Gasteiger partial charge in [0, 0.05) is 15.9 Å². The molecule has 4 N–H and O–H groups in total. The van der Waals surface area contributed by atoms with E-state index in [2.05, 4.69) is 15.5 Å². The molecule has 0 radical (unpaired) electrons. The van der Waals surface area contributed by atoms with Gasteiger partial charge in [0.1, 0.15) is 5.69 Å². The number of rotatable bonds is 3. The topological polar surface area (TPSA) is 96.4 Å². The number of amides is 1. The number of nitrogens with two attached hydrogens (primary N) is 1. The standard InChI is InChI=1S/C14H11ClN4O2/c15-9-3-4-10-8(6-9)7-11(17-10)14(20)19-18-13(16)12-2-1-5-21-12/h1-7,17H,(H2,16,18)(H,19,20). The zero-order valence-electron chi connectivity index (χ0n) is 10.8. The number of hydrogen-bond acceptors (Lipinski definition) is 3. The maximum absolute atomic E-state index is 12.0. The number of nitrogens with one attached hydrogen (secondary N) is 2. The second kappa shape index (κ2) is 5.34. The van der Waals surface area contributed by atoms with Crippen LogP contribution in [-0.2, 0) is 0 Å². The van der Waals surface area contributed by atoms with Gasteiger partial charge in [-0.2, -0.15) is 5.10 Å². The van der Waals surface area contributed by atoms with Crippen molar-refractivity contribution in [3.05, 3.63) is 59.1 Å². The van der Waals surface area contributed by atoms with E-state index in [-0.39, 0.29) is 5.84 Å². The molecule has 106 valence electrons. The van der Waals surface area contributed by atoms with Crippen molar-refractivity contribution >= 4 is 34.2 Å². The summed E-state index contributed by atoms with van der Waals surface area (Å²) in [6, 6.07) is 10.3. The number of hydrazone groups is 1. The van der Waals surface area contributed by atoms with Crippen molar-refractivity contribution in [1.29, 1.82) is 0 Å². The lowest BCUT2D eigenvalue weighted by Gasteiger charge is -1.98. The van der Waals surface area contributed by atoms with Crippen LogP contribution in [0.1, 0.15) is 16.2 Å². The molecule has 1 amide bonds. The Morgan fingerprint density at radius 1 is 1.33 bits per heavy atom. The van der Waals surface area contributed by atoms with E-state index < -0.39 is 5.91 Å². The quantitative estimate of drug-likeness (QED) is 0.394. The Morgan fingerprint density at radius 2 is 2.19 bits per heavy atom. The third-order valence-corrected chi connectivity index (χ3v) is 3.11.